The lowest BCUT2D eigenvalue weighted by Gasteiger charge is -2.39. The number of nitrogens with zero attached hydrogens (tertiary/aromatic N) is 2. The van der Waals surface area contributed by atoms with Gasteiger partial charge in [-0.05, 0) is 65.6 Å². The number of rotatable bonds is 9. The molecule has 1 aliphatic heterocycles. The van der Waals surface area contributed by atoms with Gasteiger partial charge in [0, 0.05) is 43.1 Å². The third-order valence-electron chi connectivity index (χ3n) is 7.65. The number of amides is 1. The van der Waals surface area contributed by atoms with Crippen molar-refractivity contribution in [3.63, 3.8) is 0 Å². The fourth-order valence-electron chi connectivity index (χ4n) is 5.38. The summed E-state index contributed by atoms with van der Waals surface area (Å²) >= 11 is 0. The molecule has 44 heavy (non-hydrogen) atoms. The predicted octanol–water partition coefficient (Wildman–Crippen LogP) is 7.44. The topological polar surface area (TPSA) is 61.9 Å². The number of hydrogen-bond acceptors (Lipinski definition) is 5. The first-order valence-corrected chi connectivity index (χ1v) is 14.6. The summed E-state index contributed by atoms with van der Waals surface area (Å²) in [6, 6.07) is 28.4. The molecule has 1 fully saturated rings. The summed E-state index contributed by atoms with van der Waals surface area (Å²) in [5.41, 5.74) is 3.20. The van der Waals surface area contributed by atoms with Gasteiger partial charge in [0.2, 0.25) is 0 Å². The van der Waals surface area contributed by atoms with Crippen molar-refractivity contribution in [1.82, 2.24) is 4.90 Å². The average molecular weight is 602 g/mol. The lowest BCUT2D eigenvalue weighted by molar-refractivity contribution is -0.150. The number of alkyl halides is 3. The van der Waals surface area contributed by atoms with Gasteiger partial charge in [-0.25, -0.2) is 4.79 Å². The Hall–Kier alpha value is -4.63. The summed E-state index contributed by atoms with van der Waals surface area (Å²) in [4.78, 5) is 30.6. The summed E-state index contributed by atoms with van der Waals surface area (Å²) < 4.78 is 44.6. The van der Waals surface area contributed by atoms with Crippen LogP contribution in [-0.4, -0.2) is 49.6 Å². The first-order chi connectivity index (χ1) is 21.2. The molecule has 1 amide bonds. The molecule has 1 heterocycles. The van der Waals surface area contributed by atoms with E-state index in [2.05, 4.69) is 15.1 Å². The summed E-state index contributed by atoms with van der Waals surface area (Å²) in [7, 11) is 0. The first kappa shape index (κ1) is 30.8. The Labute approximate surface area is 255 Å². The molecular weight excluding hydrogens is 567 g/mol. The molecule has 228 valence electrons. The van der Waals surface area contributed by atoms with Gasteiger partial charge in [-0.2, -0.15) is 13.2 Å². The molecular formula is C35H34F3N3O3. The van der Waals surface area contributed by atoms with Crippen molar-refractivity contribution in [2.24, 2.45) is 0 Å². The van der Waals surface area contributed by atoms with E-state index in [1.54, 1.807) is 24.3 Å². The second-order valence-corrected chi connectivity index (χ2v) is 10.6. The van der Waals surface area contributed by atoms with Gasteiger partial charge in [0.1, 0.15) is 6.04 Å². The Morgan fingerprint density at radius 1 is 0.818 bits per heavy atom. The van der Waals surface area contributed by atoms with E-state index in [4.69, 9.17) is 4.74 Å². The van der Waals surface area contributed by atoms with E-state index in [0.29, 0.717) is 42.1 Å². The van der Waals surface area contributed by atoms with Crippen LogP contribution in [0.25, 0.3) is 11.1 Å². The van der Waals surface area contributed by atoms with E-state index in [-0.39, 0.29) is 11.9 Å². The van der Waals surface area contributed by atoms with Crippen molar-refractivity contribution < 1.29 is 27.5 Å². The molecule has 0 bridgehead atoms. The standard InChI is InChI=1S/C35H34F3N3O3/c1-2-24-44-34(43)32(26-8-4-3-5-9-26)41-22-20-40(21-23-41)29-18-16-28(17-19-29)39-33(42)31-11-7-6-10-30(31)25-12-14-27(15-13-25)35(36,37)38/h3-19,32H,2,20-24H2,1H3,(H,39,42). The summed E-state index contributed by atoms with van der Waals surface area (Å²) in [6.07, 6.45) is -3.66. The molecule has 9 heteroatoms. The molecule has 1 atom stereocenters. The lowest BCUT2D eigenvalue weighted by Crippen LogP contribution is -2.49. The zero-order chi connectivity index (χ0) is 31.1. The summed E-state index contributed by atoms with van der Waals surface area (Å²) in [5, 5.41) is 2.91. The molecule has 1 saturated heterocycles. The van der Waals surface area contributed by atoms with Gasteiger partial charge in [0.15, 0.2) is 0 Å². The molecule has 0 radical (unpaired) electrons. The van der Waals surface area contributed by atoms with Crippen LogP contribution in [0.15, 0.2) is 103 Å². The lowest BCUT2D eigenvalue weighted by atomic mass is 9.98. The van der Waals surface area contributed by atoms with E-state index in [1.165, 1.54) is 12.1 Å². The summed E-state index contributed by atoms with van der Waals surface area (Å²) in [6.45, 7) is 5.17. The minimum atomic E-state index is -4.43. The fraction of sp³-hybridized carbons (Fsp3) is 0.257. The normalized spacial score (nSPS) is 14.6. The van der Waals surface area contributed by atoms with Crippen LogP contribution >= 0.6 is 0 Å². The van der Waals surface area contributed by atoms with Crippen LogP contribution in [0.1, 0.15) is 40.9 Å². The Morgan fingerprint density at radius 2 is 1.45 bits per heavy atom. The maximum Gasteiger partial charge on any atom is 0.416 e. The number of carbonyl (C=O) groups is 2. The van der Waals surface area contributed by atoms with Crippen LogP contribution < -0.4 is 10.2 Å². The van der Waals surface area contributed by atoms with Gasteiger partial charge < -0.3 is 15.0 Å². The number of halogens is 3. The smallest absolute Gasteiger partial charge is 0.416 e. The SMILES string of the molecule is CCCOC(=O)C(c1ccccc1)N1CCN(c2ccc(NC(=O)c3ccccc3-c3ccc(C(F)(F)F)cc3)cc2)CC1. The monoisotopic (exact) mass is 601 g/mol. The Morgan fingerprint density at radius 3 is 2.09 bits per heavy atom. The Balaban J connectivity index is 1.23. The van der Waals surface area contributed by atoms with Crippen molar-refractivity contribution in [3.05, 3.63) is 120 Å². The van der Waals surface area contributed by atoms with Crippen molar-refractivity contribution in [1.29, 1.82) is 0 Å². The van der Waals surface area contributed by atoms with E-state index >= 15 is 0 Å². The van der Waals surface area contributed by atoms with Crippen LogP contribution in [0.5, 0.6) is 0 Å². The van der Waals surface area contributed by atoms with Gasteiger partial charge in [-0.1, -0.05) is 67.6 Å². The van der Waals surface area contributed by atoms with Crippen LogP contribution in [0.4, 0.5) is 24.5 Å². The molecule has 4 aromatic carbocycles. The maximum atomic E-state index is 13.2. The number of anilines is 2. The van der Waals surface area contributed by atoms with Crippen LogP contribution in [0.3, 0.4) is 0 Å². The molecule has 1 aliphatic rings. The van der Waals surface area contributed by atoms with E-state index < -0.39 is 17.8 Å². The number of ether oxygens (including phenoxy) is 1. The van der Waals surface area contributed by atoms with Crippen LogP contribution in [-0.2, 0) is 15.7 Å². The molecule has 0 saturated carbocycles. The molecule has 5 rings (SSSR count). The molecule has 0 aromatic heterocycles. The minimum Gasteiger partial charge on any atom is -0.464 e. The van der Waals surface area contributed by atoms with Gasteiger partial charge >= 0.3 is 12.1 Å². The number of piperazine rings is 1. The minimum absolute atomic E-state index is 0.230. The molecule has 0 spiro atoms. The van der Waals surface area contributed by atoms with E-state index in [0.717, 1.165) is 42.9 Å². The van der Waals surface area contributed by atoms with Gasteiger partial charge in [-0.15, -0.1) is 0 Å². The van der Waals surface area contributed by atoms with Crippen molar-refractivity contribution >= 4 is 23.3 Å². The third kappa shape index (κ3) is 7.29. The highest BCUT2D eigenvalue weighted by Gasteiger charge is 2.32. The second kappa shape index (κ2) is 13.8. The van der Waals surface area contributed by atoms with Crippen LogP contribution in [0, 0.1) is 0 Å². The molecule has 1 unspecified atom stereocenters. The first-order valence-electron chi connectivity index (χ1n) is 14.6. The molecule has 4 aromatic rings. The fourth-order valence-corrected chi connectivity index (χ4v) is 5.38. The number of hydrogen-bond donors (Lipinski definition) is 1. The van der Waals surface area contributed by atoms with E-state index in [9.17, 15) is 22.8 Å². The quantitative estimate of drug-likeness (QED) is 0.202. The number of esters is 1. The van der Waals surface area contributed by atoms with Gasteiger partial charge in [0.25, 0.3) is 5.91 Å². The van der Waals surface area contributed by atoms with E-state index in [1.807, 2.05) is 61.5 Å². The zero-order valence-corrected chi connectivity index (χ0v) is 24.4. The van der Waals surface area contributed by atoms with Gasteiger partial charge in [0.05, 0.1) is 12.2 Å². The third-order valence-corrected chi connectivity index (χ3v) is 7.65. The second-order valence-electron chi connectivity index (χ2n) is 10.6. The highest BCUT2D eigenvalue weighted by atomic mass is 19.4. The van der Waals surface area contributed by atoms with Gasteiger partial charge in [-0.3, -0.25) is 9.69 Å². The largest absolute Gasteiger partial charge is 0.464 e. The highest BCUT2D eigenvalue weighted by molar-refractivity contribution is 6.08. The van der Waals surface area contributed by atoms with Crippen molar-refractivity contribution in [2.75, 3.05) is 43.0 Å². The number of benzene rings is 4. The highest BCUT2D eigenvalue weighted by Crippen LogP contribution is 2.32. The zero-order valence-electron chi connectivity index (χ0n) is 24.4. The maximum absolute atomic E-state index is 13.2. The molecule has 1 N–H and O–H groups in total. The average Bonchev–Trinajstić information content (AvgIpc) is 3.05. The van der Waals surface area contributed by atoms with Crippen molar-refractivity contribution in [2.45, 2.75) is 25.6 Å². The number of carbonyl (C=O) groups excluding carboxylic acids is 2. The van der Waals surface area contributed by atoms with Crippen LogP contribution in [0.2, 0.25) is 0 Å². The van der Waals surface area contributed by atoms with Crippen molar-refractivity contribution in [3.8, 4) is 11.1 Å². The Kier molecular flexibility index (Phi) is 9.65. The molecule has 0 aliphatic carbocycles. The Bertz CT molecular complexity index is 1550. The predicted molar refractivity (Wildman–Crippen MR) is 165 cm³/mol. The molecule has 6 nitrogen and oxygen atoms in total. The summed E-state index contributed by atoms with van der Waals surface area (Å²) in [5.74, 6) is -0.588. The number of nitrogens with one attached hydrogen (secondary N) is 1.